The molecule has 4 aromatic rings. The molecule has 0 atom stereocenters. The van der Waals surface area contributed by atoms with Gasteiger partial charge in [0.2, 0.25) is 0 Å². The molecule has 3 aromatic carbocycles. The summed E-state index contributed by atoms with van der Waals surface area (Å²) in [5.41, 5.74) is 0.763. The topological polar surface area (TPSA) is 70.7 Å². The Morgan fingerprint density at radius 3 is 2.36 bits per heavy atom. The smallest absolute Gasteiger partial charge is 0.321 e. The molecule has 5 nitrogen and oxygen atoms in total. The van der Waals surface area contributed by atoms with Gasteiger partial charge in [0.1, 0.15) is 11.6 Å². The number of benzene rings is 3. The van der Waals surface area contributed by atoms with E-state index < -0.39 is 22.7 Å². The summed E-state index contributed by atoms with van der Waals surface area (Å²) in [6.45, 7) is 0. The van der Waals surface area contributed by atoms with Gasteiger partial charge in [0.05, 0.1) is 22.0 Å². The third-order valence-corrected chi connectivity index (χ3v) is 5.66. The Balaban J connectivity index is 1.72. The third kappa shape index (κ3) is 5.60. The fourth-order valence-corrected chi connectivity index (χ4v) is 3.71. The number of para-hydroxylation sites is 1. The summed E-state index contributed by atoms with van der Waals surface area (Å²) >= 11 is 11.6. The van der Waals surface area contributed by atoms with Gasteiger partial charge in [-0.15, -0.1) is 0 Å². The maximum absolute atomic E-state index is 13.2. The van der Waals surface area contributed by atoms with Gasteiger partial charge in [-0.2, -0.15) is 23.5 Å². The predicted octanol–water partition coefficient (Wildman–Crippen LogP) is 7.41. The highest BCUT2D eigenvalue weighted by Gasteiger charge is 2.33. The Hall–Kier alpha value is -4.06. The third-order valence-electron chi connectivity index (χ3n) is 5.08. The Kier molecular flexibility index (Phi) is 7.15. The normalized spacial score (nSPS) is 11.7. The largest absolute Gasteiger partial charge is 0.417 e. The van der Waals surface area contributed by atoms with Gasteiger partial charge < -0.3 is 5.32 Å². The number of carbonyl (C=O) groups excluding carboxylic acids is 1. The molecule has 1 N–H and O–H groups in total. The van der Waals surface area contributed by atoms with Gasteiger partial charge in [-0.05, 0) is 48.5 Å². The predicted molar refractivity (Wildman–Crippen MR) is 133 cm³/mol. The van der Waals surface area contributed by atoms with Gasteiger partial charge in [0.15, 0.2) is 0 Å². The molecular weight excluding hydrogens is 512 g/mol. The van der Waals surface area contributed by atoms with Crippen LogP contribution in [0.15, 0.2) is 84.6 Å². The average Bonchev–Trinajstić information content (AvgIpc) is 3.28. The van der Waals surface area contributed by atoms with Crippen LogP contribution in [0.25, 0.3) is 23.0 Å². The van der Waals surface area contributed by atoms with Crippen LogP contribution in [0, 0.1) is 11.3 Å². The molecule has 0 saturated carbocycles. The van der Waals surface area contributed by atoms with E-state index >= 15 is 0 Å². The summed E-state index contributed by atoms with van der Waals surface area (Å²) < 4.78 is 41.1. The lowest BCUT2D eigenvalue weighted by Gasteiger charge is -2.11. The number of aromatic nitrogens is 2. The zero-order chi connectivity index (χ0) is 25.9. The van der Waals surface area contributed by atoms with Crippen LogP contribution in [0.4, 0.5) is 18.9 Å². The first-order valence-corrected chi connectivity index (χ1v) is 11.1. The number of nitriles is 1. The van der Waals surface area contributed by atoms with Crippen molar-refractivity contribution < 1.29 is 18.0 Å². The van der Waals surface area contributed by atoms with Crippen molar-refractivity contribution in [1.29, 1.82) is 5.26 Å². The lowest BCUT2D eigenvalue weighted by atomic mass is 10.1. The number of alkyl halides is 3. The number of halogens is 5. The first-order valence-electron chi connectivity index (χ1n) is 10.4. The molecule has 0 unspecified atom stereocenters. The van der Waals surface area contributed by atoms with Crippen molar-refractivity contribution in [2.45, 2.75) is 6.18 Å². The second kappa shape index (κ2) is 10.3. The molecule has 0 spiro atoms. The molecule has 1 heterocycles. The molecule has 36 heavy (non-hydrogen) atoms. The van der Waals surface area contributed by atoms with Crippen LogP contribution >= 0.6 is 23.2 Å². The van der Waals surface area contributed by atoms with Crippen LogP contribution in [0.5, 0.6) is 0 Å². The first kappa shape index (κ1) is 25.0. The molecule has 4 rings (SSSR count). The number of nitrogens with zero attached hydrogens (tertiary/aromatic N) is 3. The van der Waals surface area contributed by atoms with E-state index in [0.717, 1.165) is 11.8 Å². The quantitative estimate of drug-likeness (QED) is 0.217. The van der Waals surface area contributed by atoms with E-state index in [1.54, 1.807) is 41.2 Å². The lowest BCUT2D eigenvalue weighted by Crippen LogP contribution is -2.14. The average molecular weight is 527 g/mol. The number of amides is 1. The molecule has 1 aromatic heterocycles. The molecule has 0 fully saturated rings. The van der Waals surface area contributed by atoms with Gasteiger partial charge in [-0.25, -0.2) is 4.68 Å². The molecule has 0 bridgehead atoms. The fraction of sp³-hybridized carbons (Fsp3) is 0.0385. The SMILES string of the molecule is N#CC(=Cc1cn(-c2ccccc2)nc1-c1ccc(Cl)cc1)C(=O)Nc1ccc(Cl)c(C(F)(F)F)c1. The molecule has 0 radical (unpaired) electrons. The van der Waals surface area contributed by atoms with Crippen molar-refractivity contribution in [2.24, 2.45) is 0 Å². The summed E-state index contributed by atoms with van der Waals surface area (Å²) in [5.74, 6) is -0.887. The molecule has 0 aliphatic carbocycles. The molecule has 0 saturated heterocycles. The van der Waals surface area contributed by atoms with Crippen LogP contribution in [-0.4, -0.2) is 15.7 Å². The van der Waals surface area contributed by atoms with Gasteiger partial charge in [0.25, 0.3) is 5.91 Å². The minimum absolute atomic E-state index is 0.157. The Morgan fingerprint density at radius 2 is 1.72 bits per heavy atom. The second-order valence-corrected chi connectivity index (χ2v) is 8.38. The van der Waals surface area contributed by atoms with Crippen LogP contribution < -0.4 is 5.32 Å². The zero-order valence-electron chi connectivity index (χ0n) is 18.2. The van der Waals surface area contributed by atoms with Crippen molar-refractivity contribution in [3.05, 3.63) is 106 Å². The summed E-state index contributed by atoms with van der Waals surface area (Å²) in [6, 6.07) is 20.8. The van der Waals surface area contributed by atoms with Gasteiger partial charge in [-0.1, -0.05) is 53.5 Å². The van der Waals surface area contributed by atoms with Gasteiger partial charge in [0, 0.05) is 28.0 Å². The highest BCUT2D eigenvalue weighted by atomic mass is 35.5. The maximum Gasteiger partial charge on any atom is 0.417 e. The van der Waals surface area contributed by atoms with Crippen molar-refractivity contribution >= 4 is 40.9 Å². The van der Waals surface area contributed by atoms with E-state index in [2.05, 4.69) is 10.4 Å². The number of anilines is 1. The Labute approximate surface area is 214 Å². The van der Waals surface area contributed by atoms with Crippen LogP contribution in [0.2, 0.25) is 10.0 Å². The summed E-state index contributed by atoms with van der Waals surface area (Å²) in [7, 11) is 0. The molecular formula is C26H15Cl2F3N4O. The minimum Gasteiger partial charge on any atom is -0.321 e. The van der Waals surface area contributed by atoms with Crippen molar-refractivity contribution in [3.8, 4) is 23.0 Å². The zero-order valence-corrected chi connectivity index (χ0v) is 19.7. The standard InChI is InChI=1S/C26H15Cl2F3N4O/c27-19-8-6-16(7-9-19)24-18(15-35(34-24)21-4-2-1-3-5-21)12-17(14-32)25(36)33-20-10-11-23(28)22(13-20)26(29,30)31/h1-13,15H,(H,33,36). The van der Waals surface area contributed by atoms with E-state index in [-0.39, 0.29) is 11.3 Å². The first-order chi connectivity index (χ1) is 17.2. The monoisotopic (exact) mass is 526 g/mol. The molecule has 10 heteroatoms. The second-order valence-electron chi connectivity index (χ2n) is 7.54. The van der Waals surface area contributed by atoms with Crippen LogP contribution in [0.1, 0.15) is 11.1 Å². The lowest BCUT2D eigenvalue weighted by molar-refractivity contribution is -0.137. The molecule has 1 amide bonds. The summed E-state index contributed by atoms with van der Waals surface area (Å²) in [5, 5.41) is 16.6. The van der Waals surface area contributed by atoms with E-state index in [1.165, 1.54) is 12.1 Å². The number of hydrogen-bond donors (Lipinski definition) is 1. The molecule has 0 aliphatic heterocycles. The van der Waals surface area contributed by atoms with Crippen molar-refractivity contribution in [2.75, 3.05) is 5.32 Å². The number of nitrogens with one attached hydrogen (secondary N) is 1. The van der Waals surface area contributed by atoms with Crippen molar-refractivity contribution in [3.63, 3.8) is 0 Å². The van der Waals surface area contributed by atoms with E-state index in [9.17, 15) is 23.2 Å². The Morgan fingerprint density at radius 1 is 1.03 bits per heavy atom. The van der Waals surface area contributed by atoms with Gasteiger partial charge >= 0.3 is 6.18 Å². The van der Waals surface area contributed by atoms with Crippen molar-refractivity contribution in [1.82, 2.24) is 9.78 Å². The van der Waals surface area contributed by atoms with Crippen LogP contribution in [0.3, 0.4) is 0 Å². The number of rotatable bonds is 5. The van der Waals surface area contributed by atoms with E-state index in [0.29, 0.717) is 27.9 Å². The molecule has 0 aliphatic rings. The van der Waals surface area contributed by atoms with Gasteiger partial charge in [-0.3, -0.25) is 4.79 Å². The molecule has 180 valence electrons. The summed E-state index contributed by atoms with van der Waals surface area (Å²) in [4.78, 5) is 12.8. The minimum atomic E-state index is -4.70. The van der Waals surface area contributed by atoms with Crippen LogP contribution in [-0.2, 0) is 11.0 Å². The number of carbonyl (C=O) groups is 1. The number of hydrogen-bond acceptors (Lipinski definition) is 3. The summed E-state index contributed by atoms with van der Waals surface area (Å²) in [6.07, 6.45) is -1.73. The highest BCUT2D eigenvalue weighted by molar-refractivity contribution is 6.31. The Bertz CT molecular complexity index is 1490. The van der Waals surface area contributed by atoms with E-state index in [1.807, 2.05) is 30.3 Å². The highest BCUT2D eigenvalue weighted by Crippen LogP contribution is 2.36. The fourth-order valence-electron chi connectivity index (χ4n) is 3.36. The maximum atomic E-state index is 13.2. The van der Waals surface area contributed by atoms with E-state index in [4.69, 9.17) is 23.2 Å².